The van der Waals surface area contributed by atoms with Crippen LogP contribution in [-0.2, 0) is 13.1 Å². The Kier molecular flexibility index (Phi) is 9.18. The van der Waals surface area contributed by atoms with Crippen LogP contribution in [0.25, 0.3) is 0 Å². The van der Waals surface area contributed by atoms with Crippen LogP contribution in [0, 0.1) is 0 Å². The van der Waals surface area contributed by atoms with Crippen molar-refractivity contribution in [2.75, 3.05) is 40.2 Å². The van der Waals surface area contributed by atoms with Crippen LogP contribution in [-0.4, -0.2) is 51.1 Å². The number of guanidine groups is 1. The fourth-order valence-electron chi connectivity index (χ4n) is 2.54. The number of aliphatic imine (C=N–C) groups is 1. The summed E-state index contributed by atoms with van der Waals surface area (Å²) in [6.45, 7) is 1.40. The van der Waals surface area contributed by atoms with Gasteiger partial charge in [0, 0.05) is 53.0 Å². The fourth-order valence-corrected chi connectivity index (χ4v) is 2.54. The van der Waals surface area contributed by atoms with Crippen LogP contribution < -0.4 is 15.0 Å². The van der Waals surface area contributed by atoms with Gasteiger partial charge in [-0.15, -0.1) is 24.0 Å². The van der Waals surface area contributed by atoms with E-state index in [-0.39, 0.29) is 24.0 Å². The van der Waals surface area contributed by atoms with Gasteiger partial charge in [-0.2, -0.15) is 0 Å². The molecule has 142 valence electrons. The van der Waals surface area contributed by atoms with Crippen LogP contribution in [0.5, 0.6) is 5.75 Å². The van der Waals surface area contributed by atoms with Gasteiger partial charge in [0.1, 0.15) is 11.6 Å². The lowest BCUT2D eigenvalue weighted by atomic mass is 10.2. The van der Waals surface area contributed by atoms with Crippen LogP contribution in [0.15, 0.2) is 47.6 Å². The monoisotopic (exact) mass is 469 g/mol. The highest BCUT2D eigenvalue weighted by atomic mass is 127. The maximum Gasteiger partial charge on any atom is 0.193 e. The van der Waals surface area contributed by atoms with Crippen molar-refractivity contribution in [3.05, 3.63) is 53.7 Å². The zero-order chi connectivity index (χ0) is 18.2. The van der Waals surface area contributed by atoms with E-state index >= 15 is 0 Å². The summed E-state index contributed by atoms with van der Waals surface area (Å²) in [6.07, 6.45) is 1.83. The molecule has 7 heteroatoms. The Balaban J connectivity index is 0.00000338. The summed E-state index contributed by atoms with van der Waals surface area (Å²) < 4.78 is 5.43. The third kappa shape index (κ3) is 6.05. The van der Waals surface area contributed by atoms with Crippen LogP contribution in [0.2, 0.25) is 0 Å². The average Bonchev–Trinajstić information content (AvgIpc) is 2.63. The molecule has 1 aromatic carbocycles. The Morgan fingerprint density at radius 3 is 2.58 bits per heavy atom. The second kappa shape index (κ2) is 10.8. The molecule has 1 N–H and O–H groups in total. The molecule has 1 aromatic heterocycles. The van der Waals surface area contributed by atoms with Crippen molar-refractivity contribution >= 4 is 35.8 Å². The van der Waals surface area contributed by atoms with E-state index in [1.54, 1.807) is 14.2 Å². The van der Waals surface area contributed by atoms with Gasteiger partial charge in [-0.3, -0.25) is 4.99 Å². The topological polar surface area (TPSA) is 53.0 Å². The lowest BCUT2D eigenvalue weighted by molar-refractivity contribution is 0.396. The minimum atomic E-state index is 0. The first-order valence-electron chi connectivity index (χ1n) is 8.21. The maximum atomic E-state index is 5.43. The van der Waals surface area contributed by atoms with Gasteiger partial charge in [0.15, 0.2) is 5.96 Å². The van der Waals surface area contributed by atoms with Crippen molar-refractivity contribution in [2.45, 2.75) is 13.1 Å². The second-order valence-electron chi connectivity index (χ2n) is 5.99. The fraction of sp³-hybridized carbons (Fsp3) is 0.368. The van der Waals surface area contributed by atoms with Gasteiger partial charge in [-0.1, -0.05) is 18.2 Å². The Labute approximate surface area is 173 Å². The summed E-state index contributed by atoms with van der Waals surface area (Å²) in [6, 6.07) is 12.1. The molecule has 0 aliphatic carbocycles. The van der Waals surface area contributed by atoms with E-state index in [4.69, 9.17) is 4.74 Å². The number of para-hydroxylation sites is 1. The Morgan fingerprint density at radius 1 is 1.19 bits per heavy atom. The normalized spacial score (nSPS) is 10.7. The second-order valence-corrected chi connectivity index (χ2v) is 5.99. The smallest absolute Gasteiger partial charge is 0.193 e. The molecule has 0 radical (unpaired) electrons. The van der Waals surface area contributed by atoms with Gasteiger partial charge >= 0.3 is 0 Å². The number of hydrogen-bond acceptors (Lipinski definition) is 4. The molecule has 0 fully saturated rings. The van der Waals surface area contributed by atoms with E-state index in [0.29, 0.717) is 13.1 Å². The van der Waals surface area contributed by atoms with Gasteiger partial charge in [-0.05, 0) is 23.8 Å². The quantitative estimate of drug-likeness (QED) is 0.401. The summed E-state index contributed by atoms with van der Waals surface area (Å²) >= 11 is 0. The predicted octanol–water partition coefficient (Wildman–Crippen LogP) is 2.98. The molecule has 0 amide bonds. The summed E-state index contributed by atoms with van der Waals surface area (Å²) in [5.74, 6) is 2.65. The van der Waals surface area contributed by atoms with E-state index in [1.165, 1.54) is 0 Å². The molecule has 6 nitrogen and oxygen atoms in total. The molecule has 0 aliphatic heterocycles. The predicted molar refractivity (Wildman–Crippen MR) is 119 cm³/mol. The van der Waals surface area contributed by atoms with Crippen LogP contribution in [0.1, 0.15) is 11.1 Å². The minimum absolute atomic E-state index is 0. The number of hydrogen-bond donors (Lipinski definition) is 1. The van der Waals surface area contributed by atoms with E-state index in [9.17, 15) is 0 Å². The zero-order valence-corrected chi connectivity index (χ0v) is 18.4. The first-order valence-corrected chi connectivity index (χ1v) is 8.21. The molecule has 0 atom stereocenters. The van der Waals surface area contributed by atoms with E-state index in [1.807, 2.05) is 56.5 Å². The number of anilines is 1. The van der Waals surface area contributed by atoms with E-state index < -0.39 is 0 Å². The van der Waals surface area contributed by atoms with Gasteiger partial charge in [0.25, 0.3) is 0 Å². The third-order valence-corrected chi connectivity index (χ3v) is 3.89. The first kappa shape index (κ1) is 22.0. The number of rotatable bonds is 6. The largest absolute Gasteiger partial charge is 0.496 e. The van der Waals surface area contributed by atoms with Crippen molar-refractivity contribution in [2.24, 2.45) is 4.99 Å². The number of pyridine rings is 1. The summed E-state index contributed by atoms with van der Waals surface area (Å²) in [4.78, 5) is 12.8. The van der Waals surface area contributed by atoms with E-state index in [0.717, 1.165) is 28.7 Å². The van der Waals surface area contributed by atoms with Crippen LogP contribution in [0.4, 0.5) is 5.82 Å². The molecule has 2 rings (SSSR count). The van der Waals surface area contributed by atoms with Crippen molar-refractivity contribution in [1.29, 1.82) is 0 Å². The van der Waals surface area contributed by atoms with Crippen LogP contribution in [0.3, 0.4) is 0 Å². The molecule has 0 saturated carbocycles. The molecular weight excluding hydrogens is 441 g/mol. The first-order chi connectivity index (χ1) is 12.0. The number of nitrogens with one attached hydrogen (secondary N) is 1. The number of aromatic nitrogens is 1. The Bertz CT molecular complexity index is 721. The Morgan fingerprint density at radius 2 is 1.92 bits per heavy atom. The highest BCUT2D eigenvalue weighted by Gasteiger charge is 2.10. The van der Waals surface area contributed by atoms with Crippen molar-refractivity contribution in [3.63, 3.8) is 0 Å². The van der Waals surface area contributed by atoms with Gasteiger partial charge in [0.05, 0.1) is 7.11 Å². The lowest BCUT2D eigenvalue weighted by Crippen LogP contribution is -2.38. The average molecular weight is 469 g/mol. The molecule has 2 aromatic rings. The SMILES string of the molecule is CN=C(NCc1ccnc(N(C)C)c1)N(C)Cc1ccccc1OC.I. The highest BCUT2D eigenvalue weighted by molar-refractivity contribution is 14.0. The van der Waals surface area contributed by atoms with Crippen molar-refractivity contribution < 1.29 is 4.74 Å². The summed E-state index contributed by atoms with van der Waals surface area (Å²) in [5, 5.41) is 3.40. The molecule has 1 heterocycles. The number of benzene rings is 1. The summed E-state index contributed by atoms with van der Waals surface area (Å²) in [5.41, 5.74) is 2.28. The molecule has 0 bridgehead atoms. The number of halogens is 1. The maximum absolute atomic E-state index is 5.43. The number of ether oxygens (including phenoxy) is 1. The minimum Gasteiger partial charge on any atom is -0.496 e. The number of methoxy groups -OCH3 is 1. The van der Waals surface area contributed by atoms with Crippen molar-refractivity contribution in [3.8, 4) is 5.75 Å². The molecule has 0 spiro atoms. The van der Waals surface area contributed by atoms with Crippen molar-refractivity contribution in [1.82, 2.24) is 15.2 Å². The molecule has 26 heavy (non-hydrogen) atoms. The molecule has 0 unspecified atom stereocenters. The molecule has 0 saturated heterocycles. The summed E-state index contributed by atoms with van der Waals surface area (Å²) in [7, 11) is 9.47. The number of nitrogens with zero attached hydrogens (tertiary/aromatic N) is 4. The lowest BCUT2D eigenvalue weighted by Gasteiger charge is -2.23. The van der Waals surface area contributed by atoms with Gasteiger partial charge in [-0.25, -0.2) is 4.98 Å². The molecule has 0 aliphatic rings. The van der Waals surface area contributed by atoms with Gasteiger partial charge < -0.3 is 19.9 Å². The van der Waals surface area contributed by atoms with Crippen LogP contribution >= 0.6 is 24.0 Å². The zero-order valence-electron chi connectivity index (χ0n) is 16.1. The van der Waals surface area contributed by atoms with Gasteiger partial charge in [0.2, 0.25) is 0 Å². The Hall–Kier alpha value is -2.03. The standard InChI is InChI=1S/C19H27N5O.HI/c1-20-19(22-13-15-10-11-21-18(12-15)23(2)3)24(4)14-16-8-6-7-9-17(16)25-5;/h6-12H,13-14H2,1-5H3,(H,20,22);1H. The molecular formula is C19H28IN5O. The highest BCUT2D eigenvalue weighted by Crippen LogP contribution is 2.18. The van der Waals surface area contributed by atoms with E-state index in [2.05, 4.69) is 32.3 Å². The third-order valence-electron chi connectivity index (χ3n) is 3.89.